The molecular weight excluding hydrogens is 240 g/mol. The van der Waals surface area contributed by atoms with Crippen molar-refractivity contribution in [3.8, 4) is 0 Å². The van der Waals surface area contributed by atoms with E-state index in [-0.39, 0.29) is 0 Å². The van der Waals surface area contributed by atoms with Crippen molar-refractivity contribution >= 4 is 11.7 Å². The molecule has 0 saturated heterocycles. The average molecular weight is 262 g/mol. The summed E-state index contributed by atoms with van der Waals surface area (Å²) in [7, 11) is 0. The molecule has 1 aromatic carbocycles. The lowest BCUT2D eigenvalue weighted by atomic mass is 9.99. The molecule has 1 aliphatic rings. The third-order valence-electron chi connectivity index (χ3n) is 3.62. The summed E-state index contributed by atoms with van der Waals surface area (Å²) in [6.07, 6.45) is 3.81. The summed E-state index contributed by atoms with van der Waals surface area (Å²) in [5.41, 5.74) is 3.91. The predicted molar refractivity (Wildman–Crippen MR) is 76.7 cm³/mol. The summed E-state index contributed by atoms with van der Waals surface area (Å²) in [6.45, 7) is 3.65. The normalized spacial score (nSPS) is 15.4. The number of rotatable bonds is 6. The highest BCUT2D eigenvalue weighted by Gasteiger charge is 2.13. The van der Waals surface area contributed by atoms with Gasteiger partial charge in [-0.3, -0.25) is 4.79 Å². The van der Waals surface area contributed by atoms with Crippen LogP contribution < -0.4 is 10.6 Å². The number of anilines is 1. The molecule has 4 heteroatoms. The highest BCUT2D eigenvalue weighted by Crippen LogP contribution is 2.22. The van der Waals surface area contributed by atoms with E-state index in [1.165, 1.54) is 23.2 Å². The molecule has 2 rings (SSSR count). The van der Waals surface area contributed by atoms with Crippen LogP contribution in [0.15, 0.2) is 18.2 Å². The van der Waals surface area contributed by atoms with Crippen LogP contribution in [0, 0.1) is 0 Å². The van der Waals surface area contributed by atoms with Crippen molar-refractivity contribution in [2.75, 3.05) is 18.4 Å². The highest BCUT2D eigenvalue weighted by molar-refractivity contribution is 5.73. The van der Waals surface area contributed by atoms with E-state index in [1.807, 2.05) is 6.92 Å². The third kappa shape index (κ3) is 3.70. The van der Waals surface area contributed by atoms with Gasteiger partial charge in [-0.2, -0.15) is 0 Å². The average Bonchev–Trinajstić information content (AvgIpc) is 2.43. The summed E-state index contributed by atoms with van der Waals surface area (Å²) < 4.78 is 0. The van der Waals surface area contributed by atoms with Gasteiger partial charge in [0, 0.05) is 12.2 Å². The van der Waals surface area contributed by atoms with Gasteiger partial charge in [0.25, 0.3) is 0 Å². The quantitative estimate of drug-likeness (QED) is 0.734. The number of hydrogen-bond acceptors (Lipinski definition) is 3. The Hall–Kier alpha value is -1.55. The minimum absolute atomic E-state index is 0.431. The van der Waals surface area contributed by atoms with Gasteiger partial charge in [0.05, 0.1) is 0 Å². The van der Waals surface area contributed by atoms with Crippen molar-refractivity contribution in [1.29, 1.82) is 0 Å². The monoisotopic (exact) mass is 262 g/mol. The van der Waals surface area contributed by atoms with E-state index in [1.54, 1.807) is 0 Å². The van der Waals surface area contributed by atoms with Crippen LogP contribution in [0.5, 0.6) is 0 Å². The minimum atomic E-state index is -0.767. The third-order valence-corrected chi connectivity index (χ3v) is 3.62. The fourth-order valence-electron chi connectivity index (χ4n) is 2.48. The van der Waals surface area contributed by atoms with Crippen LogP contribution in [0.2, 0.25) is 0 Å². The molecule has 0 spiro atoms. The maximum Gasteiger partial charge on any atom is 0.320 e. The minimum Gasteiger partial charge on any atom is -0.480 e. The van der Waals surface area contributed by atoms with Crippen LogP contribution in [0.3, 0.4) is 0 Å². The summed E-state index contributed by atoms with van der Waals surface area (Å²) in [5, 5.41) is 15.4. The Morgan fingerprint density at radius 3 is 3.11 bits per heavy atom. The molecule has 1 aromatic rings. The molecule has 0 saturated carbocycles. The Labute approximate surface area is 114 Å². The van der Waals surface area contributed by atoms with E-state index >= 15 is 0 Å². The van der Waals surface area contributed by atoms with Crippen molar-refractivity contribution in [3.63, 3.8) is 0 Å². The first-order valence-electron chi connectivity index (χ1n) is 7.02. The molecule has 0 amide bonds. The zero-order valence-corrected chi connectivity index (χ0v) is 11.4. The molecule has 19 heavy (non-hydrogen) atoms. The maximum absolute atomic E-state index is 10.9. The van der Waals surface area contributed by atoms with E-state index in [0.717, 1.165) is 19.4 Å². The van der Waals surface area contributed by atoms with E-state index < -0.39 is 12.0 Å². The Morgan fingerprint density at radius 1 is 1.53 bits per heavy atom. The first-order valence-corrected chi connectivity index (χ1v) is 7.02. The highest BCUT2D eigenvalue weighted by atomic mass is 16.4. The molecule has 104 valence electrons. The van der Waals surface area contributed by atoms with Crippen molar-refractivity contribution < 1.29 is 9.90 Å². The number of carboxylic acids is 1. The number of carbonyl (C=O) groups is 1. The van der Waals surface area contributed by atoms with E-state index in [9.17, 15) is 4.79 Å². The number of fused-ring (bicyclic) bond motifs is 1. The van der Waals surface area contributed by atoms with Gasteiger partial charge in [-0.1, -0.05) is 19.1 Å². The van der Waals surface area contributed by atoms with Crippen molar-refractivity contribution in [3.05, 3.63) is 29.3 Å². The van der Waals surface area contributed by atoms with Crippen LogP contribution in [0.25, 0.3) is 0 Å². The molecule has 0 aliphatic carbocycles. The number of benzene rings is 1. The standard InChI is InChI=1S/C15H22N2O2/c1-2-13(15(18)19)17-9-7-11-5-6-14-12(10-11)4-3-8-16-14/h5-6,10,13,16-17H,2-4,7-9H2,1H3,(H,18,19). The second kappa shape index (κ2) is 6.57. The Bertz CT molecular complexity index is 446. The number of nitrogens with one attached hydrogen (secondary N) is 2. The zero-order chi connectivity index (χ0) is 13.7. The van der Waals surface area contributed by atoms with Gasteiger partial charge < -0.3 is 15.7 Å². The van der Waals surface area contributed by atoms with Gasteiger partial charge in [0.15, 0.2) is 0 Å². The van der Waals surface area contributed by atoms with Gasteiger partial charge in [-0.25, -0.2) is 0 Å². The second-order valence-corrected chi connectivity index (χ2v) is 5.03. The zero-order valence-electron chi connectivity index (χ0n) is 11.4. The molecule has 0 radical (unpaired) electrons. The first-order chi connectivity index (χ1) is 9.20. The Morgan fingerprint density at radius 2 is 2.37 bits per heavy atom. The maximum atomic E-state index is 10.9. The molecular formula is C15H22N2O2. The topological polar surface area (TPSA) is 61.4 Å². The van der Waals surface area contributed by atoms with Gasteiger partial charge in [0.1, 0.15) is 6.04 Å². The fourth-order valence-corrected chi connectivity index (χ4v) is 2.48. The number of hydrogen-bond donors (Lipinski definition) is 3. The van der Waals surface area contributed by atoms with Gasteiger partial charge in [0.2, 0.25) is 0 Å². The van der Waals surface area contributed by atoms with Crippen LogP contribution in [-0.4, -0.2) is 30.2 Å². The predicted octanol–water partition coefficient (Wildman–Crippen LogP) is 2.04. The molecule has 0 bridgehead atoms. The SMILES string of the molecule is CCC(NCCc1ccc2c(c1)CCCN2)C(=O)O. The van der Waals surface area contributed by atoms with Gasteiger partial charge >= 0.3 is 5.97 Å². The largest absolute Gasteiger partial charge is 0.480 e. The van der Waals surface area contributed by atoms with Gasteiger partial charge in [-0.05, 0) is 49.4 Å². The molecule has 1 heterocycles. The lowest BCUT2D eigenvalue weighted by Crippen LogP contribution is -2.37. The van der Waals surface area contributed by atoms with Crippen LogP contribution in [0.1, 0.15) is 30.9 Å². The van der Waals surface area contributed by atoms with Crippen molar-refractivity contribution in [2.45, 2.75) is 38.6 Å². The number of aryl methyl sites for hydroxylation is 1. The first kappa shape index (κ1) is 13.9. The molecule has 1 atom stereocenters. The molecule has 4 nitrogen and oxygen atoms in total. The van der Waals surface area contributed by atoms with E-state index in [2.05, 4.69) is 28.8 Å². The second-order valence-electron chi connectivity index (χ2n) is 5.03. The lowest BCUT2D eigenvalue weighted by molar-refractivity contribution is -0.139. The Kier molecular flexibility index (Phi) is 4.80. The van der Waals surface area contributed by atoms with Crippen LogP contribution >= 0.6 is 0 Å². The fraction of sp³-hybridized carbons (Fsp3) is 0.533. The lowest BCUT2D eigenvalue weighted by Gasteiger charge is -2.19. The molecule has 0 fully saturated rings. The smallest absolute Gasteiger partial charge is 0.320 e. The summed E-state index contributed by atoms with van der Waals surface area (Å²) >= 11 is 0. The molecule has 3 N–H and O–H groups in total. The van der Waals surface area contributed by atoms with E-state index in [0.29, 0.717) is 13.0 Å². The summed E-state index contributed by atoms with van der Waals surface area (Å²) in [6, 6.07) is 6.07. The molecule has 0 aromatic heterocycles. The van der Waals surface area contributed by atoms with Gasteiger partial charge in [-0.15, -0.1) is 0 Å². The van der Waals surface area contributed by atoms with Crippen LogP contribution in [-0.2, 0) is 17.6 Å². The summed E-state index contributed by atoms with van der Waals surface area (Å²) in [5.74, 6) is -0.767. The van der Waals surface area contributed by atoms with Crippen LogP contribution in [0.4, 0.5) is 5.69 Å². The Balaban J connectivity index is 1.88. The van der Waals surface area contributed by atoms with Crippen molar-refractivity contribution in [2.24, 2.45) is 0 Å². The number of aliphatic carboxylic acids is 1. The summed E-state index contributed by atoms with van der Waals surface area (Å²) in [4.78, 5) is 10.9. The molecule has 1 unspecified atom stereocenters. The molecule has 1 aliphatic heterocycles. The van der Waals surface area contributed by atoms with Crippen molar-refractivity contribution in [1.82, 2.24) is 5.32 Å². The number of carboxylic acid groups (broad SMARTS) is 1. The van der Waals surface area contributed by atoms with E-state index in [4.69, 9.17) is 5.11 Å².